The number of benzene rings is 2. The lowest BCUT2D eigenvalue weighted by atomic mass is 9.86. The number of hydrogen-bond acceptors (Lipinski definition) is 4. The highest BCUT2D eigenvalue weighted by atomic mass is 16.5. The predicted octanol–water partition coefficient (Wildman–Crippen LogP) is 4.23. The van der Waals surface area contributed by atoms with Crippen LogP contribution in [0.25, 0.3) is 0 Å². The summed E-state index contributed by atoms with van der Waals surface area (Å²) in [6, 6.07) is 13.5. The molecule has 130 valence electrons. The van der Waals surface area contributed by atoms with Gasteiger partial charge in [-0.15, -0.1) is 0 Å². The summed E-state index contributed by atoms with van der Waals surface area (Å²) in [4.78, 5) is 36.0. The van der Waals surface area contributed by atoms with E-state index in [1.165, 1.54) is 31.4 Å². The van der Waals surface area contributed by atoms with Crippen LogP contribution >= 0.6 is 0 Å². The molecule has 0 saturated heterocycles. The van der Waals surface area contributed by atoms with Gasteiger partial charge in [-0.25, -0.2) is 4.79 Å². The van der Waals surface area contributed by atoms with Gasteiger partial charge < -0.3 is 4.74 Å². The van der Waals surface area contributed by atoms with Crippen molar-refractivity contribution >= 4 is 17.5 Å². The molecule has 0 radical (unpaired) electrons. The van der Waals surface area contributed by atoms with Crippen molar-refractivity contribution in [1.82, 2.24) is 0 Å². The normalized spacial score (nSPS) is 11.0. The number of Topliss-reactive ketones (excluding diaryl/α,β-unsaturated/α-hetero) is 2. The Labute approximate surface area is 147 Å². The maximum atomic E-state index is 12.3. The zero-order valence-corrected chi connectivity index (χ0v) is 15.0. The van der Waals surface area contributed by atoms with Gasteiger partial charge >= 0.3 is 5.97 Å². The lowest BCUT2D eigenvalue weighted by Crippen LogP contribution is -2.12. The zero-order chi connectivity index (χ0) is 18.6. The van der Waals surface area contributed by atoms with E-state index in [1.807, 2.05) is 12.1 Å². The van der Waals surface area contributed by atoms with Gasteiger partial charge in [0, 0.05) is 11.1 Å². The first kappa shape index (κ1) is 18.6. The molecule has 0 saturated carbocycles. The van der Waals surface area contributed by atoms with E-state index in [9.17, 15) is 14.4 Å². The molecule has 2 rings (SSSR count). The summed E-state index contributed by atoms with van der Waals surface area (Å²) in [6.07, 6.45) is -0.202. The van der Waals surface area contributed by atoms with Crippen LogP contribution in [0.4, 0.5) is 0 Å². The van der Waals surface area contributed by atoms with Crippen molar-refractivity contribution in [3.63, 3.8) is 0 Å². The predicted molar refractivity (Wildman–Crippen MR) is 96.2 cm³/mol. The van der Waals surface area contributed by atoms with Crippen LogP contribution < -0.4 is 0 Å². The van der Waals surface area contributed by atoms with Crippen LogP contribution in [0.3, 0.4) is 0 Å². The molecule has 0 atom stereocenters. The van der Waals surface area contributed by atoms with Crippen molar-refractivity contribution in [2.75, 3.05) is 7.11 Å². The fourth-order valence-corrected chi connectivity index (χ4v) is 2.42. The zero-order valence-electron chi connectivity index (χ0n) is 15.0. The molecule has 0 fully saturated rings. The number of ketones is 2. The Hall–Kier alpha value is -2.75. The summed E-state index contributed by atoms with van der Waals surface area (Å²) in [5, 5.41) is 0. The second-order valence-electron chi connectivity index (χ2n) is 6.92. The van der Waals surface area contributed by atoms with Crippen LogP contribution in [0.2, 0.25) is 0 Å². The average molecular weight is 338 g/mol. The van der Waals surface area contributed by atoms with E-state index in [1.54, 1.807) is 12.1 Å². The highest BCUT2D eigenvalue weighted by Crippen LogP contribution is 2.22. The summed E-state index contributed by atoms with van der Waals surface area (Å²) in [6.45, 7) is 6.31. The molecule has 2 aromatic rings. The van der Waals surface area contributed by atoms with Crippen LogP contribution in [0.5, 0.6) is 0 Å². The first-order chi connectivity index (χ1) is 11.7. The molecule has 2 aromatic carbocycles. The molecule has 0 unspecified atom stereocenters. The van der Waals surface area contributed by atoms with Crippen molar-refractivity contribution < 1.29 is 19.1 Å². The molecule has 0 bridgehead atoms. The fourth-order valence-electron chi connectivity index (χ4n) is 2.42. The monoisotopic (exact) mass is 338 g/mol. The number of carbonyl (C=O) groups is 3. The van der Waals surface area contributed by atoms with Gasteiger partial charge in [-0.2, -0.15) is 0 Å². The third kappa shape index (κ3) is 4.63. The van der Waals surface area contributed by atoms with Crippen molar-refractivity contribution in [1.29, 1.82) is 0 Å². The van der Waals surface area contributed by atoms with E-state index in [4.69, 9.17) is 0 Å². The standard InChI is InChI=1S/C21H22O4/c1-21(2,3)17-11-9-15(10-12-17)19(23)13-18(22)14-5-7-16(8-6-14)20(24)25-4/h5-12H,13H2,1-4H3. The van der Waals surface area contributed by atoms with E-state index in [0.717, 1.165) is 5.56 Å². The third-order valence-corrected chi connectivity index (χ3v) is 4.02. The maximum Gasteiger partial charge on any atom is 0.337 e. The van der Waals surface area contributed by atoms with Gasteiger partial charge in [0.25, 0.3) is 0 Å². The molecule has 4 nitrogen and oxygen atoms in total. The van der Waals surface area contributed by atoms with Gasteiger partial charge in [-0.1, -0.05) is 57.2 Å². The van der Waals surface area contributed by atoms with Gasteiger partial charge in [0.05, 0.1) is 19.1 Å². The Morgan fingerprint density at radius 2 is 1.16 bits per heavy atom. The number of carbonyl (C=O) groups excluding carboxylic acids is 3. The smallest absolute Gasteiger partial charge is 0.337 e. The van der Waals surface area contributed by atoms with Crippen molar-refractivity contribution in [2.24, 2.45) is 0 Å². The minimum Gasteiger partial charge on any atom is -0.465 e. The Bertz CT molecular complexity index is 778. The summed E-state index contributed by atoms with van der Waals surface area (Å²) in [5.41, 5.74) is 2.43. The molecular formula is C21H22O4. The minimum atomic E-state index is -0.464. The summed E-state index contributed by atoms with van der Waals surface area (Å²) in [7, 11) is 1.30. The van der Waals surface area contributed by atoms with E-state index in [0.29, 0.717) is 16.7 Å². The Morgan fingerprint density at radius 1 is 0.760 bits per heavy atom. The molecule has 0 spiro atoms. The maximum absolute atomic E-state index is 12.3. The van der Waals surface area contributed by atoms with Crippen LogP contribution in [0, 0.1) is 0 Å². The summed E-state index contributed by atoms with van der Waals surface area (Å²) >= 11 is 0. The Kier molecular flexibility index (Phi) is 5.52. The topological polar surface area (TPSA) is 60.4 Å². The second kappa shape index (κ2) is 7.43. The van der Waals surface area contributed by atoms with Crippen LogP contribution in [0.1, 0.15) is 63.8 Å². The van der Waals surface area contributed by atoms with Crippen LogP contribution in [-0.4, -0.2) is 24.6 Å². The van der Waals surface area contributed by atoms with Crippen molar-refractivity contribution in [3.8, 4) is 0 Å². The minimum absolute atomic E-state index is 0.0127. The molecule has 0 N–H and O–H groups in total. The van der Waals surface area contributed by atoms with Crippen molar-refractivity contribution in [2.45, 2.75) is 32.6 Å². The number of rotatable bonds is 5. The lowest BCUT2D eigenvalue weighted by molar-refractivity contribution is 0.0600. The number of esters is 1. The first-order valence-electron chi connectivity index (χ1n) is 8.07. The van der Waals surface area contributed by atoms with E-state index in [-0.39, 0.29) is 23.4 Å². The van der Waals surface area contributed by atoms with Gasteiger partial charge in [0.1, 0.15) is 0 Å². The number of hydrogen-bond donors (Lipinski definition) is 0. The van der Waals surface area contributed by atoms with Gasteiger partial charge in [-0.05, 0) is 23.1 Å². The largest absolute Gasteiger partial charge is 0.465 e. The SMILES string of the molecule is COC(=O)c1ccc(C(=O)CC(=O)c2ccc(C(C)(C)C)cc2)cc1. The molecule has 0 aromatic heterocycles. The fraction of sp³-hybridized carbons (Fsp3) is 0.286. The average Bonchev–Trinajstić information content (AvgIpc) is 2.60. The highest BCUT2D eigenvalue weighted by molar-refractivity contribution is 6.13. The second-order valence-corrected chi connectivity index (χ2v) is 6.92. The van der Waals surface area contributed by atoms with E-state index in [2.05, 4.69) is 25.5 Å². The van der Waals surface area contributed by atoms with Crippen molar-refractivity contribution in [3.05, 3.63) is 70.8 Å². The van der Waals surface area contributed by atoms with Gasteiger partial charge in [-0.3, -0.25) is 9.59 Å². The molecule has 4 heteroatoms. The van der Waals surface area contributed by atoms with E-state index >= 15 is 0 Å². The summed E-state index contributed by atoms with van der Waals surface area (Å²) < 4.78 is 4.61. The molecule has 0 aliphatic rings. The highest BCUT2D eigenvalue weighted by Gasteiger charge is 2.17. The van der Waals surface area contributed by atoms with Gasteiger partial charge in [0.2, 0.25) is 0 Å². The quantitative estimate of drug-likeness (QED) is 0.465. The van der Waals surface area contributed by atoms with Gasteiger partial charge in [0.15, 0.2) is 11.6 Å². The Balaban J connectivity index is 2.07. The van der Waals surface area contributed by atoms with E-state index < -0.39 is 5.97 Å². The molecule has 0 aliphatic heterocycles. The van der Waals surface area contributed by atoms with Crippen LogP contribution in [0.15, 0.2) is 48.5 Å². The molecule has 25 heavy (non-hydrogen) atoms. The number of ether oxygens (including phenoxy) is 1. The van der Waals surface area contributed by atoms with Crippen LogP contribution in [-0.2, 0) is 10.2 Å². The molecule has 0 aliphatic carbocycles. The number of methoxy groups -OCH3 is 1. The third-order valence-electron chi connectivity index (χ3n) is 4.02. The Morgan fingerprint density at radius 3 is 1.56 bits per heavy atom. The molecular weight excluding hydrogens is 316 g/mol. The first-order valence-corrected chi connectivity index (χ1v) is 8.07. The molecule has 0 heterocycles. The lowest BCUT2D eigenvalue weighted by Gasteiger charge is -2.18. The molecule has 0 amide bonds. The summed E-state index contributed by atoms with van der Waals surface area (Å²) in [5.74, 6) is -0.960.